The molecule has 0 heterocycles. The average Bonchev–Trinajstić information content (AvgIpc) is 2.69. The van der Waals surface area contributed by atoms with E-state index in [2.05, 4.69) is 44.1 Å². The van der Waals surface area contributed by atoms with Crippen LogP contribution in [0.1, 0.15) is 37.5 Å². The van der Waals surface area contributed by atoms with Crippen LogP contribution in [0.4, 0.5) is 0 Å². The van der Waals surface area contributed by atoms with Gasteiger partial charge in [-0.2, -0.15) is 0 Å². The predicted molar refractivity (Wildman–Crippen MR) is 122 cm³/mol. The summed E-state index contributed by atoms with van der Waals surface area (Å²) in [5.41, 5.74) is 3.48. The second-order valence-electron chi connectivity index (χ2n) is 9.01. The maximum absolute atomic E-state index is 11.7. The topological polar surface area (TPSA) is 69.6 Å². The molecule has 2 aromatic rings. The summed E-state index contributed by atoms with van der Waals surface area (Å²) in [6, 6.07) is 13.5. The Balaban J connectivity index is 1.78. The highest BCUT2D eigenvalue weighted by Crippen LogP contribution is 2.40. The van der Waals surface area contributed by atoms with Gasteiger partial charge in [0.2, 0.25) is 0 Å². The number of phenolic OH excluding ortho intramolecular Hbond substituents is 1. The number of rotatable bonds is 7. The van der Waals surface area contributed by atoms with Gasteiger partial charge in [-0.25, -0.2) is 8.42 Å². The quantitative estimate of drug-likeness (QED) is 0.706. The first-order valence-electron chi connectivity index (χ1n) is 10.6. The van der Waals surface area contributed by atoms with E-state index in [1.54, 1.807) is 18.2 Å². The molecule has 0 saturated heterocycles. The predicted octanol–water partition coefficient (Wildman–Crippen LogP) is 3.15. The molecule has 0 fully saturated rings. The summed E-state index contributed by atoms with van der Waals surface area (Å²) in [6.07, 6.45) is 3.00. The van der Waals surface area contributed by atoms with Crippen LogP contribution in [-0.4, -0.2) is 56.9 Å². The number of hydrogen-bond donors (Lipinski definition) is 2. The Bertz CT molecular complexity index is 984. The molecule has 0 spiro atoms. The Hall–Kier alpha value is -1.89. The van der Waals surface area contributed by atoms with Gasteiger partial charge in [-0.3, -0.25) is 0 Å². The van der Waals surface area contributed by atoms with Crippen LogP contribution in [0.5, 0.6) is 5.75 Å². The van der Waals surface area contributed by atoms with Gasteiger partial charge in [0.05, 0.1) is 4.90 Å². The Morgan fingerprint density at radius 1 is 1.17 bits per heavy atom. The van der Waals surface area contributed by atoms with E-state index in [0.717, 1.165) is 31.5 Å². The van der Waals surface area contributed by atoms with Crippen molar-refractivity contribution >= 4 is 9.84 Å². The highest BCUT2D eigenvalue weighted by atomic mass is 32.2. The summed E-state index contributed by atoms with van der Waals surface area (Å²) in [4.78, 5) is 2.75. The molecule has 2 atom stereocenters. The van der Waals surface area contributed by atoms with E-state index in [1.807, 2.05) is 18.2 Å². The van der Waals surface area contributed by atoms with Crippen LogP contribution in [0, 0.1) is 0 Å². The van der Waals surface area contributed by atoms with Gasteiger partial charge in [0, 0.05) is 23.8 Å². The van der Waals surface area contributed by atoms with Gasteiger partial charge in [-0.1, -0.05) is 39.0 Å². The summed E-state index contributed by atoms with van der Waals surface area (Å²) in [6.45, 7) is 8.45. The van der Waals surface area contributed by atoms with Crippen molar-refractivity contribution in [2.24, 2.45) is 0 Å². The van der Waals surface area contributed by atoms with Crippen molar-refractivity contribution in [3.05, 3.63) is 59.2 Å². The van der Waals surface area contributed by atoms with E-state index < -0.39 is 9.84 Å². The highest BCUT2D eigenvalue weighted by molar-refractivity contribution is 7.90. The number of phenols is 1. The molecule has 2 aromatic carbocycles. The minimum Gasteiger partial charge on any atom is -0.508 e. The van der Waals surface area contributed by atoms with Gasteiger partial charge in [0.1, 0.15) is 5.75 Å². The molecule has 164 valence electrons. The third kappa shape index (κ3) is 4.71. The Morgan fingerprint density at radius 2 is 1.83 bits per heavy atom. The van der Waals surface area contributed by atoms with Crippen LogP contribution < -0.4 is 5.32 Å². The molecular weight excluding hydrogens is 396 g/mol. The summed E-state index contributed by atoms with van der Waals surface area (Å²) in [5.74, 6) is 0.314. The number of sulfone groups is 1. The molecule has 2 N–H and O–H groups in total. The zero-order valence-electron chi connectivity index (χ0n) is 18.6. The number of aromatic hydroxyl groups is 1. The van der Waals surface area contributed by atoms with Gasteiger partial charge < -0.3 is 15.3 Å². The lowest BCUT2D eigenvalue weighted by molar-refractivity contribution is 0.140. The lowest BCUT2D eigenvalue weighted by atomic mass is 9.66. The first kappa shape index (κ1) is 22.8. The molecule has 1 aliphatic carbocycles. The van der Waals surface area contributed by atoms with Crippen LogP contribution in [0.2, 0.25) is 0 Å². The summed E-state index contributed by atoms with van der Waals surface area (Å²) in [5, 5.41) is 13.8. The van der Waals surface area contributed by atoms with E-state index >= 15 is 0 Å². The van der Waals surface area contributed by atoms with E-state index in [4.69, 9.17) is 0 Å². The lowest BCUT2D eigenvalue weighted by Gasteiger charge is -2.48. The number of benzene rings is 2. The molecular formula is C24H34N2O3S. The van der Waals surface area contributed by atoms with Gasteiger partial charge in [-0.05, 0) is 73.9 Å². The maximum atomic E-state index is 11.7. The standard InChI is InChI=1S/C24H34N2O3S/c1-6-26(4)22-15-18-9-10-19(27)16-21(18)24(2,3)23(22)25-14-13-17-7-11-20(12-8-17)30(5,28)29/h7-12,16,22-23,25,27H,6,13-15H2,1-5H3/t22-,23+/m1/s1. The van der Waals surface area contributed by atoms with Gasteiger partial charge in [0.15, 0.2) is 9.84 Å². The molecule has 0 unspecified atom stereocenters. The van der Waals surface area contributed by atoms with Crippen LogP contribution in [0.15, 0.2) is 47.4 Å². The average molecular weight is 431 g/mol. The Morgan fingerprint density at radius 3 is 2.43 bits per heavy atom. The summed E-state index contributed by atoms with van der Waals surface area (Å²) < 4.78 is 23.3. The summed E-state index contributed by atoms with van der Waals surface area (Å²) in [7, 11) is -0.995. The molecule has 0 aliphatic heterocycles. The van der Waals surface area contributed by atoms with Crippen molar-refractivity contribution < 1.29 is 13.5 Å². The SMILES string of the molecule is CCN(C)[C@@H]1Cc2ccc(O)cc2C(C)(C)[C@H]1NCCc1ccc(S(C)(=O)=O)cc1. The lowest BCUT2D eigenvalue weighted by Crippen LogP contribution is -2.61. The van der Waals surface area contributed by atoms with Crippen LogP contribution in [0.25, 0.3) is 0 Å². The van der Waals surface area contributed by atoms with Gasteiger partial charge >= 0.3 is 0 Å². The molecule has 3 rings (SSSR count). The first-order valence-corrected chi connectivity index (χ1v) is 12.5. The zero-order valence-corrected chi connectivity index (χ0v) is 19.5. The maximum Gasteiger partial charge on any atom is 0.175 e. The number of nitrogens with one attached hydrogen (secondary N) is 1. The second-order valence-corrected chi connectivity index (χ2v) is 11.0. The normalized spacial score (nSPS) is 20.9. The molecule has 5 nitrogen and oxygen atoms in total. The van der Waals surface area contributed by atoms with E-state index in [1.165, 1.54) is 17.4 Å². The van der Waals surface area contributed by atoms with Gasteiger partial charge in [-0.15, -0.1) is 0 Å². The highest BCUT2D eigenvalue weighted by Gasteiger charge is 2.43. The minimum absolute atomic E-state index is 0.138. The van der Waals surface area contributed by atoms with Crippen LogP contribution in [-0.2, 0) is 28.1 Å². The largest absolute Gasteiger partial charge is 0.508 e. The molecule has 30 heavy (non-hydrogen) atoms. The van der Waals surface area contributed by atoms with Crippen LogP contribution >= 0.6 is 0 Å². The van der Waals surface area contributed by atoms with Crippen molar-refractivity contribution in [3.8, 4) is 5.75 Å². The molecule has 0 radical (unpaired) electrons. The van der Waals surface area contributed by atoms with Gasteiger partial charge in [0.25, 0.3) is 0 Å². The summed E-state index contributed by atoms with van der Waals surface area (Å²) >= 11 is 0. The number of fused-ring (bicyclic) bond motifs is 1. The Labute approximate surface area is 181 Å². The fourth-order valence-corrected chi connectivity index (χ4v) is 5.28. The first-order chi connectivity index (χ1) is 14.0. The third-order valence-corrected chi connectivity index (χ3v) is 7.70. The molecule has 0 aromatic heterocycles. The Kier molecular flexibility index (Phi) is 6.60. The molecule has 0 saturated carbocycles. The van der Waals surface area contributed by atoms with Crippen molar-refractivity contribution in [3.63, 3.8) is 0 Å². The monoisotopic (exact) mass is 430 g/mol. The molecule has 6 heteroatoms. The van der Waals surface area contributed by atoms with Crippen molar-refractivity contribution in [1.29, 1.82) is 0 Å². The molecule has 0 bridgehead atoms. The number of nitrogens with zero attached hydrogens (tertiary/aromatic N) is 1. The van der Waals surface area contributed by atoms with E-state index in [0.29, 0.717) is 16.7 Å². The zero-order chi connectivity index (χ0) is 22.1. The van der Waals surface area contributed by atoms with E-state index in [9.17, 15) is 13.5 Å². The third-order valence-electron chi connectivity index (χ3n) is 6.57. The number of likely N-dealkylation sites (N-methyl/N-ethyl adjacent to an activating group) is 1. The van der Waals surface area contributed by atoms with Crippen LogP contribution in [0.3, 0.4) is 0 Å². The van der Waals surface area contributed by atoms with Crippen molar-refractivity contribution in [1.82, 2.24) is 10.2 Å². The van der Waals surface area contributed by atoms with E-state index in [-0.39, 0.29) is 11.5 Å². The smallest absolute Gasteiger partial charge is 0.175 e. The minimum atomic E-state index is -3.17. The van der Waals surface area contributed by atoms with Crippen molar-refractivity contribution in [2.45, 2.75) is 56.0 Å². The van der Waals surface area contributed by atoms with Crippen molar-refractivity contribution in [2.75, 3.05) is 26.4 Å². The fourth-order valence-electron chi connectivity index (χ4n) is 4.65. The molecule has 1 aliphatic rings. The molecule has 0 amide bonds. The fraction of sp³-hybridized carbons (Fsp3) is 0.500. The second kappa shape index (κ2) is 8.69. The number of hydrogen-bond acceptors (Lipinski definition) is 5.